The number of aromatic nitrogens is 3. The van der Waals surface area contributed by atoms with E-state index in [1.807, 2.05) is 31.5 Å². The van der Waals surface area contributed by atoms with E-state index >= 15 is 0 Å². The Bertz CT molecular complexity index is 1130. The first-order chi connectivity index (χ1) is 14.7. The summed E-state index contributed by atoms with van der Waals surface area (Å²) in [6.07, 6.45) is 2.80. The van der Waals surface area contributed by atoms with Crippen LogP contribution in [0.3, 0.4) is 0 Å². The van der Waals surface area contributed by atoms with E-state index in [2.05, 4.69) is 65.9 Å². The molecule has 0 saturated carbocycles. The standard InChI is InChI=1S/C23H26N6S.HI/c1-17-28-20(15-30-17)11-12-25-23(24-2)26-13-18-7-9-19(10-8-18)14-29-16-27-21-5-3-4-6-22(21)29;/h3-10,15-16H,11-14H2,1-2H3,(H2,24,25,26);1H. The first-order valence-electron chi connectivity index (χ1n) is 10.0. The molecule has 2 heterocycles. The molecule has 0 saturated heterocycles. The quantitative estimate of drug-likeness (QED) is 0.205. The summed E-state index contributed by atoms with van der Waals surface area (Å²) >= 11 is 1.69. The molecule has 6 nitrogen and oxygen atoms in total. The van der Waals surface area contributed by atoms with E-state index in [1.54, 1.807) is 18.4 Å². The summed E-state index contributed by atoms with van der Waals surface area (Å²) in [5.74, 6) is 0.802. The molecule has 162 valence electrons. The van der Waals surface area contributed by atoms with E-state index in [-0.39, 0.29) is 24.0 Å². The molecule has 0 amide bonds. The van der Waals surface area contributed by atoms with Crippen LogP contribution in [-0.4, -0.2) is 34.1 Å². The van der Waals surface area contributed by atoms with E-state index in [0.29, 0.717) is 0 Å². The van der Waals surface area contributed by atoms with Crippen LogP contribution in [0.1, 0.15) is 21.8 Å². The highest BCUT2D eigenvalue weighted by molar-refractivity contribution is 14.0. The fraction of sp³-hybridized carbons (Fsp3) is 0.261. The summed E-state index contributed by atoms with van der Waals surface area (Å²) in [7, 11) is 1.79. The van der Waals surface area contributed by atoms with E-state index in [9.17, 15) is 0 Å². The summed E-state index contributed by atoms with van der Waals surface area (Å²) in [4.78, 5) is 13.3. The summed E-state index contributed by atoms with van der Waals surface area (Å²) in [6.45, 7) is 4.38. The Morgan fingerprint density at radius 1 is 1.06 bits per heavy atom. The fourth-order valence-electron chi connectivity index (χ4n) is 3.33. The molecular weight excluding hydrogens is 519 g/mol. The minimum Gasteiger partial charge on any atom is -0.356 e. The van der Waals surface area contributed by atoms with Crippen molar-refractivity contribution in [2.24, 2.45) is 4.99 Å². The third-order valence-corrected chi connectivity index (χ3v) is 5.75. The van der Waals surface area contributed by atoms with Gasteiger partial charge in [0.05, 0.1) is 28.1 Å². The summed E-state index contributed by atoms with van der Waals surface area (Å²) in [6, 6.07) is 16.9. The summed E-state index contributed by atoms with van der Waals surface area (Å²) in [5, 5.41) is 9.94. The normalized spacial score (nSPS) is 11.4. The number of imidazole rings is 1. The maximum Gasteiger partial charge on any atom is 0.191 e. The first kappa shape index (κ1) is 23.2. The maximum absolute atomic E-state index is 4.49. The van der Waals surface area contributed by atoms with Gasteiger partial charge in [0, 0.05) is 38.5 Å². The zero-order valence-electron chi connectivity index (χ0n) is 17.7. The number of nitrogens with zero attached hydrogens (tertiary/aromatic N) is 4. The molecule has 2 aromatic heterocycles. The van der Waals surface area contributed by atoms with Crippen molar-refractivity contribution in [2.75, 3.05) is 13.6 Å². The van der Waals surface area contributed by atoms with E-state index < -0.39 is 0 Å². The van der Waals surface area contributed by atoms with Crippen molar-refractivity contribution in [1.29, 1.82) is 0 Å². The average Bonchev–Trinajstić information content (AvgIpc) is 3.38. The Morgan fingerprint density at radius 3 is 2.58 bits per heavy atom. The number of para-hydroxylation sites is 2. The minimum absolute atomic E-state index is 0. The number of fused-ring (bicyclic) bond motifs is 1. The molecule has 0 aliphatic rings. The SMILES string of the molecule is CN=C(NCCc1csc(C)n1)NCc1ccc(Cn2cnc3ccccc32)cc1.I. The Labute approximate surface area is 203 Å². The number of thiazole rings is 1. The van der Waals surface area contributed by atoms with Crippen molar-refractivity contribution in [2.45, 2.75) is 26.4 Å². The number of nitrogens with one attached hydrogen (secondary N) is 2. The van der Waals surface area contributed by atoms with Crippen molar-refractivity contribution in [3.8, 4) is 0 Å². The number of benzene rings is 2. The van der Waals surface area contributed by atoms with Gasteiger partial charge in [-0.25, -0.2) is 9.97 Å². The van der Waals surface area contributed by atoms with Gasteiger partial charge >= 0.3 is 0 Å². The largest absolute Gasteiger partial charge is 0.356 e. The molecular formula is C23H27IN6S. The van der Waals surface area contributed by atoms with Crippen molar-refractivity contribution in [1.82, 2.24) is 25.2 Å². The third-order valence-electron chi connectivity index (χ3n) is 4.93. The lowest BCUT2D eigenvalue weighted by Crippen LogP contribution is -2.37. The van der Waals surface area contributed by atoms with Gasteiger partial charge in [0.1, 0.15) is 0 Å². The lowest BCUT2D eigenvalue weighted by molar-refractivity contribution is 0.784. The van der Waals surface area contributed by atoms with Gasteiger partial charge in [-0.15, -0.1) is 35.3 Å². The topological polar surface area (TPSA) is 67.1 Å². The Morgan fingerprint density at radius 2 is 1.84 bits per heavy atom. The molecule has 0 atom stereocenters. The van der Waals surface area contributed by atoms with Crippen LogP contribution in [0.5, 0.6) is 0 Å². The van der Waals surface area contributed by atoms with Crippen LogP contribution >= 0.6 is 35.3 Å². The smallest absolute Gasteiger partial charge is 0.191 e. The van der Waals surface area contributed by atoms with Crippen LogP contribution in [0.25, 0.3) is 11.0 Å². The summed E-state index contributed by atoms with van der Waals surface area (Å²) in [5.41, 5.74) is 5.78. The third kappa shape index (κ3) is 6.27. The number of guanidine groups is 1. The van der Waals surface area contributed by atoms with E-state index in [4.69, 9.17) is 0 Å². The molecule has 4 aromatic rings. The number of halogens is 1. The molecule has 0 bridgehead atoms. The number of aliphatic imine (C=N–C) groups is 1. The number of rotatable bonds is 7. The average molecular weight is 546 g/mol. The van der Waals surface area contributed by atoms with Gasteiger partial charge in [-0.3, -0.25) is 4.99 Å². The van der Waals surface area contributed by atoms with Crippen LogP contribution in [0.15, 0.2) is 65.2 Å². The van der Waals surface area contributed by atoms with Gasteiger partial charge in [0.25, 0.3) is 0 Å². The molecule has 0 fully saturated rings. The zero-order valence-corrected chi connectivity index (χ0v) is 20.9. The highest BCUT2D eigenvalue weighted by atomic mass is 127. The van der Waals surface area contributed by atoms with Crippen LogP contribution in [0, 0.1) is 6.92 Å². The second-order valence-corrected chi connectivity index (χ2v) is 8.20. The Hall–Kier alpha value is -2.46. The van der Waals surface area contributed by atoms with Crippen LogP contribution in [0.4, 0.5) is 0 Å². The molecule has 0 unspecified atom stereocenters. The predicted octanol–water partition coefficient (Wildman–Crippen LogP) is 4.38. The van der Waals surface area contributed by atoms with Gasteiger partial charge < -0.3 is 15.2 Å². The molecule has 2 aromatic carbocycles. The van der Waals surface area contributed by atoms with E-state index in [0.717, 1.165) is 53.7 Å². The predicted molar refractivity (Wildman–Crippen MR) is 139 cm³/mol. The molecule has 0 radical (unpaired) electrons. The van der Waals surface area contributed by atoms with Crippen LogP contribution in [0.2, 0.25) is 0 Å². The molecule has 0 spiro atoms. The molecule has 0 aliphatic carbocycles. The van der Waals surface area contributed by atoms with Gasteiger partial charge in [0.2, 0.25) is 0 Å². The van der Waals surface area contributed by atoms with Crippen molar-refractivity contribution >= 4 is 52.3 Å². The second kappa shape index (κ2) is 11.2. The molecule has 2 N–H and O–H groups in total. The van der Waals surface area contributed by atoms with Gasteiger partial charge in [-0.1, -0.05) is 36.4 Å². The molecule has 0 aliphatic heterocycles. The fourth-order valence-corrected chi connectivity index (χ4v) is 3.98. The van der Waals surface area contributed by atoms with Crippen molar-refractivity contribution in [3.63, 3.8) is 0 Å². The molecule has 8 heteroatoms. The first-order valence-corrected chi connectivity index (χ1v) is 10.9. The molecule has 4 rings (SSSR count). The lowest BCUT2D eigenvalue weighted by atomic mass is 10.1. The van der Waals surface area contributed by atoms with Crippen molar-refractivity contribution in [3.05, 3.63) is 82.1 Å². The van der Waals surface area contributed by atoms with Gasteiger partial charge in [-0.2, -0.15) is 0 Å². The number of hydrogen-bond donors (Lipinski definition) is 2. The maximum atomic E-state index is 4.49. The van der Waals surface area contributed by atoms with Crippen molar-refractivity contribution < 1.29 is 0 Å². The van der Waals surface area contributed by atoms with E-state index in [1.165, 1.54) is 11.1 Å². The van der Waals surface area contributed by atoms with Gasteiger partial charge in [0.15, 0.2) is 5.96 Å². The van der Waals surface area contributed by atoms with Crippen LogP contribution in [-0.2, 0) is 19.5 Å². The lowest BCUT2D eigenvalue weighted by Gasteiger charge is -2.12. The van der Waals surface area contributed by atoms with Crippen LogP contribution < -0.4 is 10.6 Å². The second-order valence-electron chi connectivity index (χ2n) is 7.14. The highest BCUT2D eigenvalue weighted by Gasteiger charge is 2.04. The van der Waals surface area contributed by atoms with Gasteiger partial charge in [-0.05, 0) is 30.2 Å². The number of aryl methyl sites for hydroxylation is 1. The number of hydrogen-bond acceptors (Lipinski definition) is 4. The Balaban J connectivity index is 0.00000272. The monoisotopic (exact) mass is 546 g/mol. The summed E-state index contributed by atoms with van der Waals surface area (Å²) < 4.78 is 2.18. The minimum atomic E-state index is 0. The zero-order chi connectivity index (χ0) is 20.8. The molecule has 31 heavy (non-hydrogen) atoms. The highest BCUT2D eigenvalue weighted by Crippen LogP contribution is 2.14. The Kier molecular flexibility index (Phi) is 8.42.